The quantitative estimate of drug-likeness (QED) is 0.849. The molecule has 25 heavy (non-hydrogen) atoms. The molecule has 1 unspecified atom stereocenters. The average molecular weight is 344 g/mol. The molecule has 6 heteroatoms. The molecule has 6 nitrogen and oxygen atoms in total. The summed E-state index contributed by atoms with van der Waals surface area (Å²) in [6.45, 7) is 6.80. The van der Waals surface area contributed by atoms with Crippen molar-refractivity contribution in [3.8, 4) is 0 Å². The highest BCUT2D eigenvalue weighted by Gasteiger charge is 2.28. The van der Waals surface area contributed by atoms with Crippen LogP contribution < -0.4 is 10.2 Å². The number of hydrogen-bond acceptors (Lipinski definition) is 4. The third kappa shape index (κ3) is 4.02. The highest BCUT2D eigenvalue weighted by atomic mass is 16.2. The third-order valence-electron chi connectivity index (χ3n) is 5.16. The van der Waals surface area contributed by atoms with E-state index in [4.69, 9.17) is 0 Å². The molecule has 3 rings (SSSR count). The van der Waals surface area contributed by atoms with Crippen molar-refractivity contribution in [3.63, 3.8) is 0 Å². The van der Waals surface area contributed by atoms with Crippen LogP contribution in [0.4, 0.5) is 5.69 Å². The SMILES string of the molecule is CNCC(C)C(=O)N1CCN(CC(=O)N2CCc3ccccc32)CC1. The Morgan fingerprint density at radius 3 is 2.56 bits per heavy atom. The van der Waals surface area contributed by atoms with Crippen LogP contribution in [0, 0.1) is 5.92 Å². The molecule has 0 saturated carbocycles. The predicted octanol–water partition coefficient (Wildman–Crippen LogP) is 0.575. The van der Waals surface area contributed by atoms with E-state index in [1.54, 1.807) is 0 Å². The molecule has 1 aromatic rings. The van der Waals surface area contributed by atoms with Crippen LogP contribution in [0.2, 0.25) is 0 Å². The molecule has 1 aromatic carbocycles. The minimum atomic E-state index is -0.000663. The van der Waals surface area contributed by atoms with Gasteiger partial charge in [0.2, 0.25) is 11.8 Å². The second-order valence-electron chi connectivity index (χ2n) is 6.98. The van der Waals surface area contributed by atoms with Crippen LogP contribution in [0.3, 0.4) is 0 Å². The van der Waals surface area contributed by atoms with Gasteiger partial charge in [-0.05, 0) is 25.1 Å². The molecule has 1 N–H and O–H groups in total. The summed E-state index contributed by atoms with van der Waals surface area (Å²) < 4.78 is 0. The average Bonchev–Trinajstić information content (AvgIpc) is 3.06. The fourth-order valence-corrected chi connectivity index (χ4v) is 3.71. The summed E-state index contributed by atoms with van der Waals surface area (Å²) in [4.78, 5) is 31.0. The van der Waals surface area contributed by atoms with Crippen molar-refractivity contribution in [2.45, 2.75) is 13.3 Å². The van der Waals surface area contributed by atoms with Gasteiger partial charge in [0.1, 0.15) is 0 Å². The molecule has 2 heterocycles. The second-order valence-corrected chi connectivity index (χ2v) is 6.98. The van der Waals surface area contributed by atoms with Gasteiger partial charge in [-0.2, -0.15) is 0 Å². The number of nitrogens with one attached hydrogen (secondary N) is 1. The maximum atomic E-state index is 12.7. The molecule has 2 aliphatic rings. The number of carbonyl (C=O) groups is 2. The number of benzene rings is 1. The Labute approximate surface area is 149 Å². The zero-order valence-corrected chi connectivity index (χ0v) is 15.2. The molecule has 1 saturated heterocycles. The van der Waals surface area contributed by atoms with Gasteiger partial charge in [0.05, 0.1) is 6.54 Å². The van der Waals surface area contributed by atoms with Crippen LogP contribution in [0.15, 0.2) is 24.3 Å². The monoisotopic (exact) mass is 344 g/mol. The van der Waals surface area contributed by atoms with Crippen molar-refractivity contribution in [3.05, 3.63) is 29.8 Å². The van der Waals surface area contributed by atoms with Crippen molar-refractivity contribution >= 4 is 17.5 Å². The third-order valence-corrected chi connectivity index (χ3v) is 5.16. The molecule has 2 amide bonds. The summed E-state index contributed by atoms with van der Waals surface area (Å²) in [7, 11) is 1.86. The van der Waals surface area contributed by atoms with Crippen molar-refractivity contribution in [1.29, 1.82) is 0 Å². The van der Waals surface area contributed by atoms with E-state index >= 15 is 0 Å². The molecule has 0 spiro atoms. The van der Waals surface area contributed by atoms with Gasteiger partial charge < -0.3 is 15.1 Å². The molecule has 136 valence electrons. The molecule has 0 bridgehead atoms. The number of piperazine rings is 1. The van der Waals surface area contributed by atoms with Gasteiger partial charge in [-0.3, -0.25) is 14.5 Å². The summed E-state index contributed by atoms with van der Waals surface area (Å²) in [5.41, 5.74) is 2.31. The van der Waals surface area contributed by atoms with E-state index in [-0.39, 0.29) is 17.7 Å². The van der Waals surface area contributed by atoms with E-state index < -0.39 is 0 Å². The van der Waals surface area contributed by atoms with E-state index in [0.29, 0.717) is 26.2 Å². The van der Waals surface area contributed by atoms with Crippen LogP contribution in [-0.2, 0) is 16.0 Å². The minimum Gasteiger partial charge on any atom is -0.340 e. The van der Waals surface area contributed by atoms with Crippen LogP contribution in [0.5, 0.6) is 0 Å². The number of hydrogen-bond donors (Lipinski definition) is 1. The van der Waals surface area contributed by atoms with Gasteiger partial charge >= 0.3 is 0 Å². The smallest absolute Gasteiger partial charge is 0.241 e. The van der Waals surface area contributed by atoms with Gasteiger partial charge in [-0.1, -0.05) is 25.1 Å². The summed E-state index contributed by atoms with van der Waals surface area (Å²) in [5, 5.41) is 3.05. The lowest BCUT2D eigenvalue weighted by molar-refractivity contribution is -0.136. The highest BCUT2D eigenvalue weighted by molar-refractivity contribution is 5.96. The van der Waals surface area contributed by atoms with E-state index in [1.807, 2.05) is 42.0 Å². The van der Waals surface area contributed by atoms with Gasteiger partial charge in [0.15, 0.2) is 0 Å². The van der Waals surface area contributed by atoms with Crippen LogP contribution in [0.1, 0.15) is 12.5 Å². The van der Waals surface area contributed by atoms with E-state index in [0.717, 1.165) is 31.7 Å². The lowest BCUT2D eigenvalue weighted by Crippen LogP contribution is -2.53. The summed E-state index contributed by atoms with van der Waals surface area (Å²) in [6, 6.07) is 8.14. The lowest BCUT2D eigenvalue weighted by Gasteiger charge is -2.36. The van der Waals surface area contributed by atoms with Crippen molar-refractivity contribution in [1.82, 2.24) is 15.1 Å². The lowest BCUT2D eigenvalue weighted by atomic mass is 10.1. The fourth-order valence-electron chi connectivity index (χ4n) is 3.71. The van der Waals surface area contributed by atoms with Gasteiger partial charge in [0, 0.05) is 50.9 Å². The fraction of sp³-hybridized carbons (Fsp3) is 0.579. The first-order valence-electron chi connectivity index (χ1n) is 9.14. The van der Waals surface area contributed by atoms with Crippen molar-refractivity contribution in [2.24, 2.45) is 5.92 Å². The topological polar surface area (TPSA) is 55.9 Å². The van der Waals surface area contributed by atoms with Gasteiger partial charge in [-0.25, -0.2) is 0 Å². The normalized spacial score (nSPS) is 19.0. The highest BCUT2D eigenvalue weighted by Crippen LogP contribution is 2.27. The van der Waals surface area contributed by atoms with E-state index in [2.05, 4.69) is 16.3 Å². The molecular formula is C19H28N4O2. The molecule has 1 fully saturated rings. The molecule has 2 aliphatic heterocycles. The minimum absolute atomic E-state index is 0.000663. The first-order chi connectivity index (χ1) is 12.1. The largest absolute Gasteiger partial charge is 0.340 e. The zero-order chi connectivity index (χ0) is 17.8. The summed E-state index contributed by atoms with van der Waals surface area (Å²) in [6.07, 6.45) is 0.938. The molecule has 0 radical (unpaired) electrons. The number of fused-ring (bicyclic) bond motifs is 1. The van der Waals surface area contributed by atoms with Crippen LogP contribution >= 0.6 is 0 Å². The molecule has 0 aromatic heterocycles. The standard InChI is InChI=1S/C19H28N4O2/c1-15(13-20-2)19(25)22-11-9-21(10-12-22)14-18(24)23-8-7-16-5-3-4-6-17(16)23/h3-6,15,20H,7-14H2,1-2H3. The first kappa shape index (κ1) is 17.9. The van der Waals surface area contributed by atoms with Gasteiger partial charge in [-0.15, -0.1) is 0 Å². The Kier molecular flexibility index (Phi) is 5.71. The zero-order valence-electron chi connectivity index (χ0n) is 15.2. The summed E-state index contributed by atoms with van der Waals surface area (Å²) in [5.74, 6) is 0.362. The Balaban J connectivity index is 1.50. The van der Waals surface area contributed by atoms with Crippen LogP contribution in [0.25, 0.3) is 0 Å². The maximum Gasteiger partial charge on any atom is 0.241 e. The van der Waals surface area contributed by atoms with Crippen molar-refractivity contribution < 1.29 is 9.59 Å². The molecule has 1 atom stereocenters. The van der Waals surface area contributed by atoms with Crippen LogP contribution in [-0.4, -0.2) is 74.5 Å². The number of amides is 2. The summed E-state index contributed by atoms with van der Waals surface area (Å²) >= 11 is 0. The molecular weight excluding hydrogens is 316 g/mol. The Hall–Kier alpha value is -1.92. The number of rotatable bonds is 5. The van der Waals surface area contributed by atoms with E-state index in [1.165, 1.54) is 5.56 Å². The number of carbonyl (C=O) groups excluding carboxylic acids is 2. The Bertz CT molecular complexity index is 626. The van der Waals surface area contributed by atoms with Crippen molar-refractivity contribution in [2.75, 3.05) is 57.8 Å². The van der Waals surface area contributed by atoms with E-state index in [9.17, 15) is 9.59 Å². The molecule has 0 aliphatic carbocycles. The first-order valence-corrected chi connectivity index (χ1v) is 9.14. The Morgan fingerprint density at radius 2 is 1.84 bits per heavy atom. The number of para-hydroxylation sites is 1. The number of nitrogens with zero attached hydrogens (tertiary/aromatic N) is 3. The second kappa shape index (κ2) is 7.97. The predicted molar refractivity (Wildman–Crippen MR) is 98.6 cm³/mol. The maximum absolute atomic E-state index is 12.7. The number of anilines is 1. The van der Waals surface area contributed by atoms with Gasteiger partial charge in [0.25, 0.3) is 0 Å². The Morgan fingerprint density at radius 1 is 1.12 bits per heavy atom.